The van der Waals surface area contributed by atoms with Crippen molar-refractivity contribution in [3.8, 4) is 11.3 Å². The van der Waals surface area contributed by atoms with Crippen LogP contribution >= 0.6 is 0 Å². The van der Waals surface area contributed by atoms with Gasteiger partial charge in [-0.3, -0.25) is 0 Å². The number of imidazole rings is 1. The van der Waals surface area contributed by atoms with E-state index in [1.165, 1.54) is 18.2 Å². The molecule has 0 saturated heterocycles. The van der Waals surface area contributed by atoms with E-state index in [1.54, 1.807) is 12.1 Å². The molecule has 192 valence electrons. The van der Waals surface area contributed by atoms with Gasteiger partial charge in [0.25, 0.3) is 0 Å². The molecule has 0 radical (unpaired) electrons. The van der Waals surface area contributed by atoms with Crippen LogP contribution < -0.4 is 11.1 Å². The predicted octanol–water partition coefficient (Wildman–Crippen LogP) is 6.39. The van der Waals surface area contributed by atoms with Gasteiger partial charge in [0.05, 0.1) is 11.1 Å². The number of nitrogens with two attached hydrogens (primary N) is 1. The lowest BCUT2D eigenvalue weighted by molar-refractivity contribution is -0.139. The van der Waals surface area contributed by atoms with Gasteiger partial charge in [0.15, 0.2) is 0 Å². The van der Waals surface area contributed by atoms with E-state index < -0.39 is 28.9 Å². The fourth-order valence-electron chi connectivity index (χ4n) is 4.67. The number of alkyl halides is 3. The van der Waals surface area contributed by atoms with Crippen LogP contribution in [0.1, 0.15) is 38.6 Å². The maximum atomic E-state index is 13.9. The fourth-order valence-corrected chi connectivity index (χ4v) is 4.67. The summed E-state index contributed by atoms with van der Waals surface area (Å²) >= 11 is 0. The second-order valence-electron chi connectivity index (χ2n) is 9.13. The first-order valence-corrected chi connectivity index (χ1v) is 11.6. The first-order valence-electron chi connectivity index (χ1n) is 11.6. The Morgan fingerprint density at radius 3 is 2.42 bits per heavy atom. The maximum absolute atomic E-state index is 13.9. The van der Waals surface area contributed by atoms with Crippen LogP contribution in [0.3, 0.4) is 0 Å². The van der Waals surface area contributed by atoms with Crippen molar-refractivity contribution in [1.82, 2.24) is 14.5 Å². The zero-order valence-corrected chi connectivity index (χ0v) is 20.3. The molecule has 1 aliphatic rings. The topological polar surface area (TPSA) is 59.1 Å². The molecular weight excluding hydrogens is 477 g/mol. The van der Waals surface area contributed by atoms with Crippen molar-refractivity contribution < 1.29 is 22.0 Å². The van der Waals surface area contributed by atoms with Gasteiger partial charge in [0.2, 0.25) is 0 Å². The zero-order chi connectivity index (χ0) is 26.3. The van der Waals surface area contributed by atoms with Crippen LogP contribution in [0, 0.1) is 11.6 Å². The second kappa shape index (κ2) is 9.57. The lowest BCUT2D eigenvalue weighted by atomic mass is 9.97. The standard InChI is InChI=1S/C26H28F5N5/c1-4-5-19(15-32)36-13-12-35-23(33-18-10-11-21(28)20(14-18)26(29,30)31)22(34-24(35)25(36,2)3)16-6-8-17(27)9-7-16/h5-11,14,33H,4,12-13,15,32H2,1-3H3/b19-5+. The average molecular weight is 506 g/mol. The lowest BCUT2D eigenvalue weighted by Crippen LogP contribution is -2.49. The zero-order valence-electron chi connectivity index (χ0n) is 20.3. The summed E-state index contributed by atoms with van der Waals surface area (Å²) in [6, 6.07) is 8.48. The molecule has 0 atom stereocenters. The van der Waals surface area contributed by atoms with Gasteiger partial charge < -0.3 is 20.5 Å². The van der Waals surface area contributed by atoms with Gasteiger partial charge in [-0.1, -0.05) is 13.0 Å². The number of allylic oxidation sites excluding steroid dienone is 1. The van der Waals surface area contributed by atoms with Gasteiger partial charge >= 0.3 is 6.18 Å². The highest BCUT2D eigenvalue weighted by atomic mass is 19.4. The summed E-state index contributed by atoms with van der Waals surface area (Å²) in [6.07, 6.45) is -1.96. The SMILES string of the molecule is CC/C=C(\CN)N1CCn2c(nc(-c3ccc(F)cc3)c2Nc2ccc(F)c(C(F)(F)F)c2)C1(C)C. The van der Waals surface area contributed by atoms with Gasteiger partial charge in [-0.2, -0.15) is 13.2 Å². The summed E-state index contributed by atoms with van der Waals surface area (Å²) in [5, 5.41) is 3.04. The summed E-state index contributed by atoms with van der Waals surface area (Å²) in [4.78, 5) is 7.06. The van der Waals surface area contributed by atoms with Crippen LogP contribution in [0.2, 0.25) is 0 Å². The van der Waals surface area contributed by atoms with Crippen LogP contribution in [0.4, 0.5) is 33.5 Å². The van der Waals surface area contributed by atoms with Gasteiger partial charge in [-0.05, 0) is 62.7 Å². The summed E-state index contributed by atoms with van der Waals surface area (Å²) in [6.45, 7) is 7.45. The molecule has 0 aliphatic carbocycles. The number of hydrogen-bond donors (Lipinski definition) is 2. The third kappa shape index (κ3) is 4.69. The Morgan fingerprint density at radius 2 is 1.81 bits per heavy atom. The van der Waals surface area contributed by atoms with Crippen LogP contribution in [-0.4, -0.2) is 27.5 Å². The summed E-state index contributed by atoms with van der Waals surface area (Å²) in [5.74, 6) is -0.660. The highest BCUT2D eigenvalue weighted by molar-refractivity contribution is 5.77. The molecule has 0 amide bonds. The van der Waals surface area contributed by atoms with Crippen LogP contribution in [-0.2, 0) is 18.3 Å². The number of halogens is 5. The Hall–Kier alpha value is -3.40. The number of fused-ring (bicyclic) bond motifs is 1. The van der Waals surface area contributed by atoms with Crippen molar-refractivity contribution in [2.75, 3.05) is 18.4 Å². The number of anilines is 2. The molecule has 36 heavy (non-hydrogen) atoms. The lowest BCUT2D eigenvalue weighted by Gasteiger charge is -2.45. The van der Waals surface area contributed by atoms with Gasteiger partial charge in [0.1, 0.15) is 29.0 Å². The monoisotopic (exact) mass is 505 g/mol. The highest BCUT2D eigenvalue weighted by Gasteiger charge is 2.40. The Balaban J connectivity index is 1.86. The smallest absolute Gasteiger partial charge is 0.360 e. The largest absolute Gasteiger partial charge is 0.419 e. The maximum Gasteiger partial charge on any atom is 0.419 e. The minimum atomic E-state index is -4.84. The molecule has 1 aromatic heterocycles. The third-order valence-corrected chi connectivity index (χ3v) is 6.38. The van der Waals surface area contributed by atoms with E-state index in [-0.39, 0.29) is 5.69 Å². The second-order valence-corrected chi connectivity index (χ2v) is 9.13. The number of rotatable bonds is 6. The Morgan fingerprint density at radius 1 is 1.11 bits per heavy atom. The number of nitrogens with one attached hydrogen (secondary N) is 1. The van der Waals surface area contributed by atoms with E-state index >= 15 is 0 Å². The van der Waals surface area contributed by atoms with Crippen LogP contribution in [0.25, 0.3) is 11.3 Å². The molecule has 3 N–H and O–H groups in total. The van der Waals surface area contributed by atoms with Crippen molar-refractivity contribution in [3.05, 3.63) is 77.3 Å². The van der Waals surface area contributed by atoms with E-state index in [2.05, 4.69) is 16.3 Å². The molecule has 1 aliphatic heterocycles. The Bertz CT molecular complexity index is 1280. The predicted molar refractivity (Wildman–Crippen MR) is 129 cm³/mol. The Kier molecular flexibility index (Phi) is 6.83. The minimum absolute atomic E-state index is 0.0588. The van der Waals surface area contributed by atoms with Gasteiger partial charge in [-0.25, -0.2) is 13.8 Å². The van der Waals surface area contributed by atoms with E-state index in [1.807, 2.05) is 25.3 Å². The van der Waals surface area contributed by atoms with E-state index in [4.69, 9.17) is 10.7 Å². The molecule has 2 aromatic carbocycles. The van der Waals surface area contributed by atoms with E-state index in [0.717, 1.165) is 24.3 Å². The molecule has 3 aromatic rings. The van der Waals surface area contributed by atoms with E-state index in [0.29, 0.717) is 42.5 Å². The average Bonchev–Trinajstić information content (AvgIpc) is 3.18. The summed E-state index contributed by atoms with van der Waals surface area (Å²) < 4.78 is 69.5. The molecule has 0 bridgehead atoms. The molecule has 0 fully saturated rings. The Labute approximate surface area is 206 Å². The van der Waals surface area contributed by atoms with Gasteiger partial charge in [-0.15, -0.1) is 0 Å². The van der Waals surface area contributed by atoms with Crippen molar-refractivity contribution in [2.24, 2.45) is 5.73 Å². The number of nitrogens with zero attached hydrogens (tertiary/aromatic N) is 3. The summed E-state index contributed by atoms with van der Waals surface area (Å²) in [5.41, 5.74) is 6.13. The molecule has 0 saturated carbocycles. The van der Waals surface area contributed by atoms with Crippen LogP contribution in [0.5, 0.6) is 0 Å². The van der Waals surface area contributed by atoms with E-state index in [9.17, 15) is 22.0 Å². The van der Waals surface area contributed by atoms with Crippen molar-refractivity contribution in [2.45, 2.75) is 45.5 Å². The minimum Gasteiger partial charge on any atom is -0.360 e. The number of benzene rings is 2. The highest BCUT2D eigenvalue weighted by Crippen LogP contribution is 2.41. The third-order valence-electron chi connectivity index (χ3n) is 6.38. The molecule has 4 rings (SSSR count). The van der Waals surface area contributed by atoms with Crippen molar-refractivity contribution in [1.29, 1.82) is 0 Å². The van der Waals surface area contributed by atoms with Crippen molar-refractivity contribution in [3.63, 3.8) is 0 Å². The molecular formula is C26H28F5N5. The summed E-state index contributed by atoms with van der Waals surface area (Å²) in [7, 11) is 0. The molecule has 0 unspecified atom stereocenters. The molecule has 5 nitrogen and oxygen atoms in total. The number of aromatic nitrogens is 2. The quantitative estimate of drug-likeness (QED) is 0.381. The first kappa shape index (κ1) is 25.7. The molecule has 10 heteroatoms. The fraction of sp³-hybridized carbons (Fsp3) is 0.346. The number of hydrogen-bond acceptors (Lipinski definition) is 4. The normalized spacial score (nSPS) is 15.7. The van der Waals surface area contributed by atoms with Crippen molar-refractivity contribution >= 4 is 11.5 Å². The first-order chi connectivity index (χ1) is 17.0. The van der Waals surface area contributed by atoms with Gasteiger partial charge in [0, 0.05) is 36.6 Å². The molecule has 0 spiro atoms. The molecule has 2 heterocycles. The van der Waals surface area contributed by atoms with Crippen LogP contribution in [0.15, 0.2) is 54.2 Å².